The van der Waals surface area contributed by atoms with E-state index in [4.69, 9.17) is 0 Å². The molecule has 1 aromatic carbocycles. The van der Waals surface area contributed by atoms with E-state index < -0.39 is 18.2 Å². The van der Waals surface area contributed by atoms with Gasteiger partial charge in [-0.1, -0.05) is 6.07 Å². The van der Waals surface area contributed by atoms with Gasteiger partial charge in [0, 0.05) is 11.6 Å². The monoisotopic (exact) mass is 274 g/mol. The Morgan fingerprint density at radius 3 is 2.68 bits per heavy atom. The summed E-state index contributed by atoms with van der Waals surface area (Å²) in [7, 11) is 1.10. The molecular formula is C11H9F3N2O3. The smallest absolute Gasteiger partial charge is 0.453 e. The number of carbonyl (C=O) groups excluding carboxylic acids is 1. The highest BCUT2D eigenvalue weighted by Crippen LogP contribution is 2.36. The fourth-order valence-electron chi connectivity index (χ4n) is 1.58. The molecule has 0 aliphatic carbocycles. The van der Waals surface area contributed by atoms with Gasteiger partial charge in [-0.15, -0.1) is 13.2 Å². The molecule has 2 N–H and O–H groups in total. The fourth-order valence-corrected chi connectivity index (χ4v) is 1.58. The molecule has 0 saturated heterocycles. The van der Waals surface area contributed by atoms with Crippen molar-refractivity contribution < 1.29 is 27.4 Å². The molecule has 0 atom stereocenters. The number of rotatable bonds is 2. The highest BCUT2D eigenvalue weighted by Gasteiger charge is 2.33. The summed E-state index contributed by atoms with van der Waals surface area (Å²) in [4.78, 5) is 13.7. The van der Waals surface area contributed by atoms with Gasteiger partial charge in [0.05, 0.1) is 18.3 Å². The zero-order valence-electron chi connectivity index (χ0n) is 9.67. The Kier molecular flexibility index (Phi) is 3.24. The number of aromatic amines is 1. The van der Waals surface area contributed by atoms with Gasteiger partial charge in [-0.3, -0.25) is 5.32 Å². The van der Waals surface area contributed by atoms with Crippen molar-refractivity contribution in [2.24, 2.45) is 0 Å². The van der Waals surface area contributed by atoms with Gasteiger partial charge >= 0.3 is 12.5 Å². The van der Waals surface area contributed by atoms with Crippen molar-refractivity contribution in [3.05, 3.63) is 24.4 Å². The summed E-state index contributed by atoms with van der Waals surface area (Å²) in [5, 5.41) is 2.68. The Labute approximate surface area is 105 Å². The maximum Gasteiger partial charge on any atom is 0.573 e. The average molecular weight is 274 g/mol. The van der Waals surface area contributed by atoms with E-state index in [9.17, 15) is 18.0 Å². The number of anilines is 1. The summed E-state index contributed by atoms with van der Waals surface area (Å²) in [5.74, 6) is -0.514. The third kappa shape index (κ3) is 2.90. The van der Waals surface area contributed by atoms with Crippen LogP contribution in [0.15, 0.2) is 24.4 Å². The van der Waals surface area contributed by atoms with Crippen molar-refractivity contribution in [1.29, 1.82) is 0 Å². The number of nitrogens with one attached hydrogen (secondary N) is 2. The van der Waals surface area contributed by atoms with Gasteiger partial charge < -0.3 is 14.5 Å². The Morgan fingerprint density at radius 1 is 1.32 bits per heavy atom. The van der Waals surface area contributed by atoms with Crippen molar-refractivity contribution in [2.45, 2.75) is 6.36 Å². The number of carbonyl (C=O) groups is 1. The SMILES string of the molecule is COC(=O)Nc1ccc2cc[nH]c2c1OC(F)(F)F. The van der Waals surface area contributed by atoms with Crippen LogP contribution in [0.25, 0.3) is 10.9 Å². The lowest BCUT2D eigenvalue weighted by Gasteiger charge is -2.14. The van der Waals surface area contributed by atoms with E-state index in [1.54, 1.807) is 12.1 Å². The van der Waals surface area contributed by atoms with Crippen LogP contribution < -0.4 is 10.1 Å². The lowest BCUT2D eigenvalue weighted by Crippen LogP contribution is -2.19. The van der Waals surface area contributed by atoms with E-state index in [2.05, 4.69) is 19.8 Å². The fraction of sp³-hybridized carbons (Fsp3) is 0.182. The Hall–Kier alpha value is -2.38. The second-order valence-electron chi connectivity index (χ2n) is 3.55. The number of H-pyrrole nitrogens is 1. The van der Waals surface area contributed by atoms with Gasteiger partial charge in [0.15, 0.2) is 5.75 Å². The van der Waals surface area contributed by atoms with Crippen molar-refractivity contribution in [3.63, 3.8) is 0 Å². The van der Waals surface area contributed by atoms with Gasteiger partial charge in [0.2, 0.25) is 0 Å². The largest absolute Gasteiger partial charge is 0.573 e. The third-order valence-corrected chi connectivity index (χ3v) is 2.32. The number of hydrogen-bond donors (Lipinski definition) is 2. The van der Waals surface area contributed by atoms with Gasteiger partial charge in [0.1, 0.15) is 0 Å². The Morgan fingerprint density at radius 2 is 2.05 bits per heavy atom. The van der Waals surface area contributed by atoms with Crippen LogP contribution in [0.5, 0.6) is 5.75 Å². The summed E-state index contributed by atoms with van der Waals surface area (Å²) >= 11 is 0. The van der Waals surface area contributed by atoms with Crippen LogP contribution in [0, 0.1) is 0 Å². The molecule has 0 unspecified atom stereocenters. The summed E-state index contributed by atoms with van der Waals surface area (Å²) in [6.45, 7) is 0. The lowest BCUT2D eigenvalue weighted by molar-refractivity contribution is -0.273. The van der Waals surface area contributed by atoms with E-state index in [0.717, 1.165) is 7.11 Å². The average Bonchev–Trinajstić information content (AvgIpc) is 2.78. The van der Waals surface area contributed by atoms with Crippen LogP contribution in [0.3, 0.4) is 0 Å². The predicted octanol–water partition coefficient (Wildman–Crippen LogP) is 3.24. The Bertz CT molecular complexity index is 607. The minimum atomic E-state index is -4.87. The highest BCUT2D eigenvalue weighted by molar-refractivity contribution is 5.96. The minimum Gasteiger partial charge on any atom is -0.453 e. The topological polar surface area (TPSA) is 63.3 Å². The number of aromatic nitrogens is 1. The number of methoxy groups -OCH3 is 1. The number of benzene rings is 1. The molecule has 0 fully saturated rings. The first-order valence-electron chi connectivity index (χ1n) is 5.11. The first-order valence-corrected chi connectivity index (χ1v) is 5.11. The number of halogens is 3. The first-order chi connectivity index (χ1) is 8.90. The second-order valence-corrected chi connectivity index (χ2v) is 3.55. The summed E-state index contributed by atoms with van der Waals surface area (Å²) in [5.41, 5.74) is -0.00893. The zero-order chi connectivity index (χ0) is 14.0. The van der Waals surface area contributed by atoms with Gasteiger partial charge in [-0.2, -0.15) is 0 Å². The molecule has 0 saturated carbocycles. The summed E-state index contributed by atoms with van der Waals surface area (Å²) in [6, 6.07) is 4.43. The number of fused-ring (bicyclic) bond motifs is 1. The van der Waals surface area contributed by atoms with E-state index >= 15 is 0 Å². The first kappa shape index (κ1) is 13.1. The molecule has 19 heavy (non-hydrogen) atoms. The number of alkyl halides is 3. The maximum absolute atomic E-state index is 12.4. The highest BCUT2D eigenvalue weighted by atomic mass is 19.4. The molecule has 0 radical (unpaired) electrons. The van der Waals surface area contributed by atoms with E-state index in [0.29, 0.717) is 5.39 Å². The molecule has 2 rings (SSSR count). The van der Waals surface area contributed by atoms with Crippen LogP contribution in [-0.4, -0.2) is 24.5 Å². The normalized spacial score (nSPS) is 11.4. The van der Waals surface area contributed by atoms with Crippen molar-refractivity contribution in [3.8, 4) is 5.75 Å². The molecule has 1 amide bonds. The number of amides is 1. The van der Waals surface area contributed by atoms with Crippen molar-refractivity contribution in [1.82, 2.24) is 4.98 Å². The van der Waals surface area contributed by atoms with Crippen LogP contribution in [0.4, 0.5) is 23.7 Å². The summed E-state index contributed by atoms with van der Waals surface area (Å²) < 4.78 is 45.5. The molecular weight excluding hydrogens is 265 g/mol. The van der Waals surface area contributed by atoms with Gasteiger partial charge in [0.25, 0.3) is 0 Å². The molecule has 0 bridgehead atoms. The predicted molar refractivity (Wildman–Crippen MR) is 61.0 cm³/mol. The molecule has 0 aliphatic heterocycles. The Balaban J connectivity index is 2.49. The number of hydrogen-bond acceptors (Lipinski definition) is 3. The van der Waals surface area contributed by atoms with Crippen LogP contribution >= 0.6 is 0 Å². The van der Waals surface area contributed by atoms with Crippen LogP contribution in [0.1, 0.15) is 0 Å². The van der Waals surface area contributed by atoms with E-state index in [1.165, 1.54) is 12.3 Å². The van der Waals surface area contributed by atoms with Crippen LogP contribution in [0.2, 0.25) is 0 Å². The summed E-state index contributed by atoms with van der Waals surface area (Å²) in [6.07, 6.45) is -4.29. The zero-order valence-corrected chi connectivity index (χ0v) is 9.67. The van der Waals surface area contributed by atoms with Gasteiger partial charge in [-0.05, 0) is 12.1 Å². The van der Waals surface area contributed by atoms with E-state index in [1.807, 2.05) is 0 Å². The molecule has 1 aromatic heterocycles. The molecule has 102 valence electrons. The quantitative estimate of drug-likeness (QED) is 0.883. The number of ether oxygens (including phenoxy) is 2. The molecule has 1 heterocycles. The molecule has 2 aromatic rings. The van der Waals surface area contributed by atoms with Crippen molar-refractivity contribution >= 4 is 22.7 Å². The standard InChI is InChI=1S/C11H9F3N2O3/c1-18-10(17)16-7-3-2-6-4-5-15-8(6)9(7)19-11(12,13)14/h2-5,15H,1H3,(H,16,17). The van der Waals surface area contributed by atoms with Crippen LogP contribution in [-0.2, 0) is 4.74 Å². The molecule has 0 spiro atoms. The molecule has 5 nitrogen and oxygen atoms in total. The lowest BCUT2D eigenvalue weighted by atomic mass is 10.2. The van der Waals surface area contributed by atoms with Crippen molar-refractivity contribution in [2.75, 3.05) is 12.4 Å². The minimum absolute atomic E-state index is 0.131. The molecule has 8 heteroatoms. The molecule has 0 aliphatic rings. The van der Waals surface area contributed by atoms with Gasteiger partial charge in [-0.25, -0.2) is 4.79 Å². The maximum atomic E-state index is 12.4. The second kappa shape index (κ2) is 4.71. The van der Waals surface area contributed by atoms with E-state index in [-0.39, 0.29) is 11.2 Å². The third-order valence-electron chi connectivity index (χ3n) is 2.32.